The average Bonchev–Trinajstić information content (AvgIpc) is 2.11. The number of ether oxygens (including phenoxy) is 2. The second-order valence-corrected chi connectivity index (χ2v) is 3.35. The summed E-state index contributed by atoms with van der Waals surface area (Å²) < 4.78 is 45.1. The highest BCUT2D eigenvalue weighted by Crippen LogP contribution is 2.23. The van der Waals surface area contributed by atoms with Crippen molar-refractivity contribution in [3.8, 4) is 0 Å². The van der Waals surface area contributed by atoms with E-state index in [4.69, 9.17) is 4.74 Å². The third-order valence-corrected chi connectivity index (χ3v) is 1.94. The Morgan fingerprint density at radius 1 is 1.44 bits per heavy atom. The zero-order valence-electron chi connectivity index (χ0n) is 9.67. The molecule has 0 amide bonds. The van der Waals surface area contributed by atoms with Crippen LogP contribution in [0.5, 0.6) is 0 Å². The fourth-order valence-electron chi connectivity index (χ4n) is 1.24. The van der Waals surface area contributed by atoms with Crippen LogP contribution >= 0.6 is 0 Å². The molecule has 0 saturated carbocycles. The summed E-state index contributed by atoms with van der Waals surface area (Å²) in [7, 11) is 0. The van der Waals surface area contributed by atoms with Gasteiger partial charge >= 0.3 is 6.36 Å². The lowest BCUT2D eigenvalue weighted by molar-refractivity contribution is -0.349. The predicted octanol–water partition coefficient (Wildman–Crippen LogP) is 3.80. The van der Waals surface area contributed by atoms with Crippen LogP contribution in [0.1, 0.15) is 27.2 Å². The van der Waals surface area contributed by atoms with Crippen molar-refractivity contribution in [1.29, 1.82) is 0 Å². The predicted molar refractivity (Wildman–Crippen MR) is 55.7 cm³/mol. The fraction of sp³-hybridized carbons (Fsp3) is 0.636. The number of hydrogen-bond acceptors (Lipinski definition) is 2. The molecule has 0 bridgehead atoms. The molecule has 0 N–H and O–H groups in total. The van der Waals surface area contributed by atoms with Crippen molar-refractivity contribution >= 4 is 0 Å². The third-order valence-electron chi connectivity index (χ3n) is 1.94. The molecule has 1 unspecified atom stereocenters. The Morgan fingerprint density at radius 2 is 2.00 bits per heavy atom. The number of rotatable bonds is 6. The van der Waals surface area contributed by atoms with E-state index in [1.807, 2.05) is 0 Å². The summed E-state index contributed by atoms with van der Waals surface area (Å²) in [6, 6.07) is 0. The SMILES string of the molecule is C=C/C=C(\C)O[C@H](CC)C(C)OC(F)(F)F. The Kier molecular flexibility index (Phi) is 6.18. The maximum atomic E-state index is 12.0. The summed E-state index contributed by atoms with van der Waals surface area (Å²) in [5, 5.41) is 0. The molecule has 0 spiro atoms. The third kappa shape index (κ3) is 6.50. The van der Waals surface area contributed by atoms with Gasteiger partial charge in [-0.15, -0.1) is 13.2 Å². The molecule has 0 fully saturated rings. The van der Waals surface area contributed by atoms with Gasteiger partial charge in [-0.25, -0.2) is 0 Å². The van der Waals surface area contributed by atoms with Crippen LogP contribution in [0, 0.1) is 0 Å². The van der Waals surface area contributed by atoms with Gasteiger partial charge in [-0.05, 0) is 26.3 Å². The normalized spacial score (nSPS) is 16.8. The smallest absolute Gasteiger partial charge is 0.492 e. The molecule has 0 aromatic heterocycles. The molecule has 16 heavy (non-hydrogen) atoms. The molecule has 0 rings (SSSR count). The van der Waals surface area contributed by atoms with Crippen LogP contribution in [0.4, 0.5) is 13.2 Å². The molecule has 2 nitrogen and oxygen atoms in total. The lowest BCUT2D eigenvalue weighted by Gasteiger charge is -2.25. The maximum Gasteiger partial charge on any atom is 0.522 e. The van der Waals surface area contributed by atoms with Gasteiger partial charge in [-0.1, -0.05) is 19.6 Å². The van der Waals surface area contributed by atoms with E-state index in [0.717, 1.165) is 0 Å². The molecule has 0 heterocycles. The zero-order valence-corrected chi connectivity index (χ0v) is 9.67. The minimum Gasteiger partial charge on any atom is -0.492 e. The summed E-state index contributed by atoms with van der Waals surface area (Å²) in [5.41, 5.74) is 0. The minimum absolute atomic E-state index is 0.430. The van der Waals surface area contributed by atoms with Gasteiger partial charge in [0.15, 0.2) is 0 Å². The number of allylic oxidation sites excluding steroid dienone is 3. The van der Waals surface area contributed by atoms with Crippen molar-refractivity contribution in [2.24, 2.45) is 0 Å². The van der Waals surface area contributed by atoms with Crippen LogP contribution in [-0.2, 0) is 9.47 Å². The topological polar surface area (TPSA) is 18.5 Å². The molecular weight excluding hydrogens is 221 g/mol. The van der Waals surface area contributed by atoms with Crippen molar-refractivity contribution in [3.63, 3.8) is 0 Å². The van der Waals surface area contributed by atoms with E-state index in [-0.39, 0.29) is 0 Å². The molecule has 0 aliphatic carbocycles. The van der Waals surface area contributed by atoms with E-state index in [1.165, 1.54) is 13.0 Å². The summed E-state index contributed by atoms with van der Waals surface area (Å²) in [4.78, 5) is 0. The van der Waals surface area contributed by atoms with Crippen LogP contribution in [0.25, 0.3) is 0 Å². The van der Waals surface area contributed by atoms with E-state index in [0.29, 0.717) is 12.2 Å². The highest BCUT2D eigenvalue weighted by molar-refractivity contribution is 5.02. The Bertz CT molecular complexity index is 246. The highest BCUT2D eigenvalue weighted by Gasteiger charge is 2.35. The second kappa shape index (κ2) is 6.58. The highest BCUT2D eigenvalue weighted by atomic mass is 19.4. The Labute approximate surface area is 93.7 Å². The van der Waals surface area contributed by atoms with Crippen LogP contribution in [-0.4, -0.2) is 18.6 Å². The molecule has 0 radical (unpaired) electrons. The van der Waals surface area contributed by atoms with Gasteiger partial charge in [0.25, 0.3) is 0 Å². The van der Waals surface area contributed by atoms with Gasteiger partial charge in [-0.2, -0.15) is 0 Å². The number of hydrogen-bond donors (Lipinski definition) is 0. The minimum atomic E-state index is -4.63. The van der Waals surface area contributed by atoms with E-state index < -0.39 is 18.6 Å². The summed E-state index contributed by atoms with van der Waals surface area (Å²) in [5.74, 6) is 0.513. The van der Waals surface area contributed by atoms with E-state index in [9.17, 15) is 13.2 Å². The first-order valence-corrected chi connectivity index (χ1v) is 5.00. The van der Waals surface area contributed by atoms with E-state index >= 15 is 0 Å². The van der Waals surface area contributed by atoms with Crippen LogP contribution < -0.4 is 0 Å². The van der Waals surface area contributed by atoms with Crippen molar-refractivity contribution in [2.45, 2.75) is 45.8 Å². The average molecular weight is 238 g/mol. The van der Waals surface area contributed by atoms with Crippen molar-refractivity contribution in [2.75, 3.05) is 0 Å². The molecule has 0 aromatic carbocycles. The molecule has 2 atom stereocenters. The standard InChI is InChI=1S/C11H17F3O2/c1-5-7-8(3)15-10(6-2)9(4)16-11(12,13)14/h5,7,9-10H,1,6H2,2-4H3/b8-7+/t9?,10-/m1/s1. The molecule has 0 aromatic rings. The number of halogens is 3. The van der Waals surface area contributed by atoms with Gasteiger partial charge < -0.3 is 4.74 Å². The quantitative estimate of drug-likeness (QED) is 0.517. The second-order valence-electron chi connectivity index (χ2n) is 3.35. The molecule has 0 aliphatic heterocycles. The van der Waals surface area contributed by atoms with Gasteiger partial charge in [0.2, 0.25) is 0 Å². The first-order chi connectivity index (χ1) is 7.30. The molecule has 0 aliphatic rings. The van der Waals surface area contributed by atoms with Crippen molar-refractivity contribution in [1.82, 2.24) is 0 Å². The summed E-state index contributed by atoms with van der Waals surface area (Å²) in [6.45, 7) is 8.20. The first kappa shape index (κ1) is 15.0. The lowest BCUT2D eigenvalue weighted by atomic mass is 10.2. The molecule has 5 heteroatoms. The summed E-state index contributed by atoms with van der Waals surface area (Å²) >= 11 is 0. The van der Waals surface area contributed by atoms with Gasteiger partial charge in [-0.3, -0.25) is 4.74 Å². The Hall–Kier alpha value is -0.970. The Balaban J connectivity index is 4.38. The largest absolute Gasteiger partial charge is 0.522 e. The maximum absolute atomic E-state index is 12.0. The van der Waals surface area contributed by atoms with Crippen molar-refractivity contribution in [3.05, 3.63) is 24.5 Å². The monoisotopic (exact) mass is 238 g/mol. The van der Waals surface area contributed by atoms with Gasteiger partial charge in [0.05, 0.1) is 5.76 Å². The van der Waals surface area contributed by atoms with Gasteiger partial charge in [0, 0.05) is 0 Å². The molecular formula is C11H17F3O2. The van der Waals surface area contributed by atoms with Crippen LogP contribution in [0.2, 0.25) is 0 Å². The zero-order chi connectivity index (χ0) is 12.8. The fourth-order valence-corrected chi connectivity index (χ4v) is 1.24. The van der Waals surface area contributed by atoms with E-state index in [1.54, 1.807) is 19.9 Å². The first-order valence-electron chi connectivity index (χ1n) is 5.00. The lowest BCUT2D eigenvalue weighted by Crippen LogP contribution is -2.33. The molecule has 0 saturated heterocycles. The number of alkyl halides is 3. The van der Waals surface area contributed by atoms with Gasteiger partial charge in [0.1, 0.15) is 12.2 Å². The van der Waals surface area contributed by atoms with Crippen LogP contribution in [0.15, 0.2) is 24.5 Å². The van der Waals surface area contributed by atoms with E-state index in [2.05, 4.69) is 11.3 Å². The Morgan fingerprint density at radius 3 is 2.38 bits per heavy atom. The summed E-state index contributed by atoms with van der Waals surface area (Å²) in [6.07, 6.45) is -2.78. The van der Waals surface area contributed by atoms with Crippen molar-refractivity contribution < 1.29 is 22.6 Å². The molecule has 94 valence electrons. The van der Waals surface area contributed by atoms with Crippen LogP contribution in [0.3, 0.4) is 0 Å².